The second-order valence-corrected chi connectivity index (χ2v) is 7.83. The zero-order valence-electron chi connectivity index (χ0n) is 17.6. The number of nitrogens with zero attached hydrogens (tertiary/aromatic N) is 3. The Labute approximate surface area is 177 Å². The summed E-state index contributed by atoms with van der Waals surface area (Å²) in [5.41, 5.74) is 3.13. The average molecular weight is 410 g/mol. The number of piperidine rings is 1. The van der Waals surface area contributed by atoms with Crippen molar-refractivity contribution in [3.8, 4) is 22.7 Å². The number of hydrogen-bond donors (Lipinski definition) is 0. The van der Waals surface area contributed by atoms with Crippen LogP contribution in [0.3, 0.4) is 0 Å². The molecule has 0 N–H and O–H groups in total. The molecule has 1 aromatic heterocycles. The number of benzene rings is 2. The number of rotatable bonds is 7. The molecule has 0 spiro atoms. The van der Waals surface area contributed by atoms with Crippen LogP contribution in [0.4, 0.5) is 4.39 Å². The van der Waals surface area contributed by atoms with Crippen molar-refractivity contribution in [2.24, 2.45) is 5.92 Å². The molecule has 6 heteroatoms. The van der Waals surface area contributed by atoms with Gasteiger partial charge in [0.1, 0.15) is 17.3 Å². The molecule has 4 rings (SSSR count). The molecule has 0 amide bonds. The minimum absolute atomic E-state index is 0.329. The number of likely N-dealkylation sites (tertiary alicyclic amines) is 1. The van der Waals surface area contributed by atoms with E-state index in [1.807, 2.05) is 41.2 Å². The van der Waals surface area contributed by atoms with E-state index in [1.165, 1.54) is 19.6 Å². The topological polar surface area (TPSA) is 39.5 Å². The van der Waals surface area contributed by atoms with Crippen molar-refractivity contribution in [1.82, 2.24) is 14.7 Å². The SMILES string of the molecule is COC[C@H]1CCCN(Cc2cn(-c3ccccc3)nc2-c2ccc(OC)cc2F)C1. The molecule has 158 valence electrons. The summed E-state index contributed by atoms with van der Waals surface area (Å²) in [5.74, 6) is 0.706. The van der Waals surface area contributed by atoms with Crippen molar-refractivity contribution in [1.29, 1.82) is 0 Å². The van der Waals surface area contributed by atoms with Gasteiger partial charge in [-0.1, -0.05) is 18.2 Å². The van der Waals surface area contributed by atoms with Gasteiger partial charge in [-0.25, -0.2) is 9.07 Å². The molecular formula is C24H28FN3O2. The molecule has 0 saturated carbocycles. The molecule has 1 saturated heterocycles. The van der Waals surface area contributed by atoms with Gasteiger partial charge in [0.2, 0.25) is 0 Å². The molecule has 0 aliphatic carbocycles. The minimum Gasteiger partial charge on any atom is -0.497 e. The lowest BCUT2D eigenvalue weighted by Gasteiger charge is -2.32. The minimum atomic E-state index is -0.329. The fourth-order valence-corrected chi connectivity index (χ4v) is 4.19. The highest BCUT2D eigenvalue weighted by atomic mass is 19.1. The highest BCUT2D eigenvalue weighted by molar-refractivity contribution is 5.65. The third-order valence-corrected chi connectivity index (χ3v) is 5.64. The van der Waals surface area contributed by atoms with Crippen LogP contribution in [0.25, 0.3) is 16.9 Å². The maximum atomic E-state index is 14.9. The largest absolute Gasteiger partial charge is 0.497 e. The van der Waals surface area contributed by atoms with Crippen molar-refractivity contribution in [3.05, 3.63) is 66.1 Å². The van der Waals surface area contributed by atoms with Gasteiger partial charge in [-0.2, -0.15) is 5.10 Å². The average Bonchev–Trinajstić information content (AvgIpc) is 3.18. The Morgan fingerprint density at radius 1 is 1.13 bits per heavy atom. The second-order valence-electron chi connectivity index (χ2n) is 7.83. The predicted octanol–water partition coefficient (Wildman–Crippen LogP) is 4.55. The highest BCUT2D eigenvalue weighted by Crippen LogP contribution is 2.30. The predicted molar refractivity (Wildman–Crippen MR) is 115 cm³/mol. The molecule has 0 radical (unpaired) electrons. The number of halogens is 1. The van der Waals surface area contributed by atoms with Gasteiger partial charge in [0.25, 0.3) is 0 Å². The van der Waals surface area contributed by atoms with Crippen LogP contribution in [0.15, 0.2) is 54.7 Å². The van der Waals surface area contributed by atoms with Crippen LogP contribution in [0, 0.1) is 11.7 Å². The van der Waals surface area contributed by atoms with Crippen LogP contribution in [-0.2, 0) is 11.3 Å². The van der Waals surface area contributed by atoms with Crippen LogP contribution >= 0.6 is 0 Å². The van der Waals surface area contributed by atoms with Gasteiger partial charge in [-0.15, -0.1) is 0 Å². The number of methoxy groups -OCH3 is 2. The van der Waals surface area contributed by atoms with Gasteiger partial charge in [0, 0.05) is 43.6 Å². The molecule has 30 heavy (non-hydrogen) atoms. The molecule has 1 aliphatic rings. The lowest BCUT2D eigenvalue weighted by molar-refractivity contribution is 0.0874. The quantitative estimate of drug-likeness (QED) is 0.574. The summed E-state index contributed by atoms with van der Waals surface area (Å²) in [4.78, 5) is 2.42. The van der Waals surface area contributed by atoms with Gasteiger partial charge in [-0.05, 0) is 49.6 Å². The summed E-state index contributed by atoms with van der Waals surface area (Å²) in [6, 6.07) is 14.9. The van der Waals surface area contributed by atoms with E-state index in [0.29, 0.717) is 22.9 Å². The van der Waals surface area contributed by atoms with Crippen molar-refractivity contribution in [3.63, 3.8) is 0 Å². The van der Waals surface area contributed by atoms with E-state index in [1.54, 1.807) is 19.2 Å². The van der Waals surface area contributed by atoms with Crippen LogP contribution in [0.2, 0.25) is 0 Å². The molecule has 1 fully saturated rings. The van der Waals surface area contributed by atoms with Gasteiger partial charge in [0.15, 0.2) is 0 Å². The van der Waals surface area contributed by atoms with E-state index >= 15 is 0 Å². The van der Waals surface area contributed by atoms with Gasteiger partial charge in [0.05, 0.1) is 19.4 Å². The number of hydrogen-bond acceptors (Lipinski definition) is 4. The highest BCUT2D eigenvalue weighted by Gasteiger charge is 2.23. The van der Waals surface area contributed by atoms with Gasteiger partial charge in [-0.3, -0.25) is 4.90 Å². The maximum Gasteiger partial charge on any atom is 0.136 e. The van der Waals surface area contributed by atoms with Crippen molar-refractivity contribution in [2.45, 2.75) is 19.4 Å². The van der Waals surface area contributed by atoms with Crippen LogP contribution in [0.5, 0.6) is 5.75 Å². The first-order chi connectivity index (χ1) is 14.7. The molecule has 2 heterocycles. The molecule has 1 aliphatic heterocycles. The molecule has 1 atom stereocenters. The standard InChI is InChI=1S/C24H28FN3O2/c1-29-17-18-7-6-12-27(14-18)15-19-16-28(20-8-4-3-5-9-20)26-24(19)22-11-10-21(30-2)13-23(22)25/h3-5,8-11,13,16,18H,6-7,12,14-15,17H2,1-2H3/t18-/m0/s1. The number of ether oxygens (including phenoxy) is 2. The first-order valence-electron chi connectivity index (χ1n) is 10.4. The normalized spacial score (nSPS) is 17.2. The number of aromatic nitrogens is 2. The Morgan fingerprint density at radius 2 is 1.97 bits per heavy atom. The zero-order valence-corrected chi connectivity index (χ0v) is 17.6. The van der Waals surface area contributed by atoms with E-state index in [2.05, 4.69) is 4.90 Å². The Kier molecular flexibility index (Phi) is 6.45. The Morgan fingerprint density at radius 3 is 2.70 bits per heavy atom. The summed E-state index contributed by atoms with van der Waals surface area (Å²) in [6.07, 6.45) is 4.36. The molecule has 0 bridgehead atoms. The molecule has 0 unspecified atom stereocenters. The smallest absolute Gasteiger partial charge is 0.136 e. The fraction of sp³-hybridized carbons (Fsp3) is 0.375. The fourth-order valence-electron chi connectivity index (χ4n) is 4.19. The second kappa shape index (κ2) is 9.41. The van der Waals surface area contributed by atoms with Crippen molar-refractivity contribution >= 4 is 0 Å². The Hall–Kier alpha value is -2.70. The van der Waals surface area contributed by atoms with Crippen LogP contribution < -0.4 is 4.74 Å². The molecular weight excluding hydrogens is 381 g/mol. The van der Waals surface area contributed by atoms with E-state index in [0.717, 1.165) is 43.9 Å². The Bertz CT molecular complexity index is 972. The third kappa shape index (κ3) is 4.55. The zero-order chi connectivity index (χ0) is 20.9. The van der Waals surface area contributed by atoms with Crippen molar-refractivity contribution in [2.75, 3.05) is 33.9 Å². The van der Waals surface area contributed by atoms with E-state index in [9.17, 15) is 4.39 Å². The molecule has 3 aromatic rings. The van der Waals surface area contributed by atoms with Crippen molar-refractivity contribution < 1.29 is 13.9 Å². The van der Waals surface area contributed by atoms with E-state index < -0.39 is 0 Å². The van der Waals surface area contributed by atoms with Gasteiger partial charge >= 0.3 is 0 Å². The first-order valence-corrected chi connectivity index (χ1v) is 10.4. The first kappa shape index (κ1) is 20.6. The number of para-hydroxylation sites is 1. The summed E-state index contributed by atoms with van der Waals surface area (Å²) < 4.78 is 27.3. The van der Waals surface area contributed by atoms with E-state index in [4.69, 9.17) is 14.6 Å². The lowest BCUT2D eigenvalue weighted by Crippen LogP contribution is -2.36. The summed E-state index contributed by atoms with van der Waals surface area (Å²) in [6.45, 7) is 3.52. The third-order valence-electron chi connectivity index (χ3n) is 5.64. The summed E-state index contributed by atoms with van der Waals surface area (Å²) in [5, 5.41) is 4.77. The lowest BCUT2D eigenvalue weighted by atomic mass is 9.98. The Balaban J connectivity index is 1.68. The van der Waals surface area contributed by atoms with E-state index in [-0.39, 0.29) is 5.82 Å². The monoisotopic (exact) mass is 409 g/mol. The maximum absolute atomic E-state index is 14.9. The van der Waals surface area contributed by atoms with Gasteiger partial charge < -0.3 is 9.47 Å². The molecule has 5 nitrogen and oxygen atoms in total. The summed E-state index contributed by atoms with van der Waals surface area (Å²) >= 11 is 0. The van der Waals surface area contributed by atoms with Crippen LogP contribution in [0.1, 0.15) is 18.4 Å². The molecule has 2 aromatic carbocycles. The summed E-state index contributed by atoms with van der Waals surface area (Å²) in [7, 11) is 3.30. The van der Waals surface area contributed by atoms with Crippen LogP contribution in [-0.4, -0.2) is 48.6 Å².